The van der Waals surface area contributed by atoms with Gasteiger partial charge in [-0.1, -0.05) is 5.21 Å². The smallest absolute Gasteiger partial charge is 0.358 e. The van der Waals surface area contributed by atoms with Gasteiger partial charge in [0.1, 0.15) is 5.69 Å². The van der Waals surface area contributed by atoms with E-state index >= 15 is 0 Å². The lowest BCUT2D eigenvalue weighted by molar-refractivity contribution is 0.0691. The minimum atomic E-state index is -1.11. The molecule has 108 valence electrons. The van der Waals surface area contributed by atoms with Gasteiger partial charge in [-0.2, -0.15) is 0 Å². The van der Waals surface area contributed by atoms with Crippen LogP contribution < -0.4 is 0 Å². The molecule has 3 heterocycles. The summed E-state index contributed by atoms with van der Waals surface area (Å²) in [4.78, 5) is 15.4. The van der Waals surface area contributed by atoms with Gasteiger partial charge >= 0.3 is 5.97 Å². The quantitative estimate of drug-likeness (QED) is 0.764. The zero-order valence-electron chi connectivity index (χ0n) is 10.9. The molecular formula is C12H10BrN5O2S. The van der Waals surface area contributed by atoms with Crippen molar-refractivity contribution < 1.29 is 9.90 Å². The van der Waals surface area contributed by atoms with Crippen molar-refractivity contribution in [3.05, 3.63) is 39.0 Å². The second-order valence-corrected chi connectivity index (χ2v) is 6.69. The zero-order chi connectivity index (χ0) is 15.0. The molecule has 7 nitrogen and oxygen atoms in total. The van der Waals surface area contributed by atoms with Crippen molar-refractivity contribution >= 4 is 33.2 Å². The van der Waals surface area contributed by atoms with Gasteiger partial charge in [0.2, 0.25) is 0 Å². The summed E-state index contributed by atoms with van der Waals surface area (Å²) in [5.74, 6) is -1.11. The predicted molar refractivity (Wildman–Crippen MR) is 80.3 cm³/mol. The summed E-state index contributed by atoms with van der Waals surface area (Å²) in [7, 11) is 1.80. The number of hydrogen-bond acceptors (Lipinski definition) is 5. The number of carbonyl (C=O) groups is 1. The van der Waals surface area contributed by atoms with E-state index in [2.05, 4.69) is 31.2 Å². The lowest BCUT2D eigenvalue weighted by Crippen LogP contribution is -2.07. The summed E-state index contributed by atoms with van der Waals surface area (Å²) in [5.41, 5.74) is 2.06. The van der Waals surface area contributed by atoms with Gasteiger partial charge in [0.15, 0.2) is 5.69 Å². The molecule has 9 heteroatoms. The molecule has 0 amide bonds. The molecule has 1 N–H and O–H groups in total. The number of aromatic nitrogens is 5. The maximum absolute atomic E-state index is 11.3. The van der Waals surface area contributed by atoms with Crippen LogP contribution in [-0.4, -0.2) is 35.6 Å². The Balaban J connectivity index is 2.09. The molecule has 0 aliphatic heterocycles. The van der Waals surface area contributed by atoms with Crippen molar-refractivity contribution in [1.82, 2.24) is 24.5 Å². The number of carboxylic acids is 1. The lowest BCUT2D eigenvalue weighted by Gasteiger charge is -2.06. The molecule has 3 rings (SSSR count). The van der Waals surface area contributed by atoms with E-state index < -0.39 is 5.97 Å². The van der Waals surface area contributed by atoms with Gasteiger partial charge in [-0.15, -0.1) is 16.4 Å². The maximum Gasteiger partial charge on any atom is 0.358 e. The van der Waals surface area contributed by atoms with Crippen LogP contribution >= 0.6 is 27.3 Å². The van der Waals surface area contributed by atoms with E-state index in [0.717, 1.165) is 9.35 Å². The Morgan fingerprint density at radius 2 is 2.33 bits per heavy atom. The highest BCUT2D eigenvalue weighted by atomic mass is 79.9. The molecule has 0 aliphatic carbocycles. The number of hydrogen-bond donors (Lipinski definition) is 1. The number of imidazole rings is 1. The van der Waals surface area contributed by atoms with Crippen molar-refractivity contribution in [3.63, 3.8) is 0 Å². The van der Waals surface area contributed by atoms with Crippen LogP contribution in [0.2, 0.25) is 0 Å². The largest absolute Gasteiger partial charge is 0.476 e. The van der Waals surface area contributed by atoms with Crippen LogP contribution in [0.1, 0.15) is 16.1 Å². The van der Waals surface area contributed by atoms with Gasteiger partial charge in [0.25, 0.3) is 0 Å². The topological polar surface area (TPSA) is 85.8 Å². The highest BCUT2D eigenvalue weighted by Crippen LogP contribution is 2.25. The number of nitrogens with zero attached hydrogens (tertiary/aromatic N) is 5. The molecule has 3 aromatic heterocycles. The molecule has 0 bridgehead atoms. The van der Waals surface area contributed by atoms with Crippen LogP contribution in [0.5, 0.6) is 0 Å². The van der Waals surface area contributed by atoms with Gasteiger partial charge in [0.05, 0.1) is 28.5 Å². The summed E-state index contributed by atoms with van der Waals surface area (Å²) in [6, 6.07) is 1.97. The Kier molecular flexibility index (Phi) is 3.60. The molecule has 0 saturated carbocycles. The van der Waals surface area contributed by atoms with Gasteiger partial charge in [-0.3, -0.25) is 0 Å². The van der Waals surface area contributed by atoms with Crippen LogP contribution in [0.15, 0.2) is 27.8 Å². The van der Waals surface area contributed by atoms with Gasteiger partial charge in [0, 0.05) is 7.05 Å². The average molecular weight is 368 g/mol. The fourth-order valence-electron chi connectivity index (χ4n) is 2.01. The van der Waals surface area contributed by atoms with Gasteiger partial charge in [-0.05, 0) is 32.9 Å². The number of halogens is 1. The number of aromatic carboxylic acids is 1. The normalized spacial score (nSPS) is 11.0. The van der Waals surface area contributed by atoms with Crippen LogP contribution in [0, 0.1) is 0 Å². The van der Waals surface area contributed by atoms with Crippen molar-refractivity contribution in [2.24, 2.45) is 7.05 Å². The van der Waals surface area contributed by atoms with Crippen molar-refractivity contribution in [2.45, 2.75) is 6.54 Å². The Labute approximate surface area is 132 Å². The minimum Gasteiger partial charge on any atom is -0.476 e. The molecule has 0 spiro atoms. The van der Waals surface area contributed by atoms with Gasteiger partial charge in [-0.25, -0.2) is 14.5 Å². The predicted octanol–water partition coefficient (Wildman–Crippen LogP) is 2.25. The van der Waals surface area contributed by atoms with E-state index in [1.165, 1.54) is 0 Å². The van der Waals surface area contributed by atoms with Gasteiger partial charge < -0.3 is 9.67 Å². The molecule has 3 aromatic rings. The number of rotatable bonds is 4. The summed E-state index contributed by atoms with van der Waals surface area (Å²) in [6.07, 6.45) is 3.21. The van der Waals surface area contributed by atoms with E-state index in [9.17, 15) is 9.90 Å². The summed E-state index contributed by atoms with van der Waals surface area (Å²) >= 11 is 4.97. The second-order valence-electron chi connectivity index (χ2n) is 4.40. The van der Waals surface area contributed by atoms with E-state index in [0.29, 0.717) is 17.9 Å². The van der Waals surface area contributed by atoms with Crippen molar-refractivity contribution in [2.75, 3.05) is 0 Å². The van der Waals surface area contributed by atoms with E-state index in [1.807, 2.05) is 11.4 Å². The lowest BCUT2D eigenvalue weighted by atomic mass is 10.2. The number of thiophene rings is 1. The van der Waals surface area contributed by atoms with E-state index in [4.69, 9.17) is 0 Å². The molecule has 0 unspecified atom stereocenters. The third kappa shape index (κ3) is 2.61. The fourth-order valence-corrected chi connectivity index (χ4v) is 3.21. The highest BCUT2D eigenvalue weighted by molar-refractivity contribution is 9.11. The highest BCUT2D eigenvalue weighted by Gasteiger charge is 2.22. The third-order valence-corrected chi connectivity index (χ3v) is 4.50. The first-order valence-electron chi connectivity index (χ1n) is 5.92. The van der Waals surface area contributed by atoms with Crippen LogP contribution in [0.25, 0.3) is 11.4 Å². The third-order valence-electron chi connectivity index (χ3n) is 2.95. The Bertz CT molecular complexity index is 806. The first-order valence-corrected chi connectivity index (χ1v) is 7.60. The van der Waals surface area contributed by atoms with E-state index in [-0.39, 0.29) is 5.69 Å². The number of carboxylic acid groups (broad SMARTS) is 1. The van der Waals surface area contributed by atoms with Crippen LogP contribution in [0.3, 0.4) is 0 Å². The Hall–Kier alpha value is -2.00. The average Bonchev–Trinajstić information content (AvgIpc) is 3.11. The molecule has 0 radical (unpaired) electrons. The first-order chi connectivity index (χ1) is 10.1. The molecule has 21 heavy (non-hydrogen) atoms. The van der Waals surface area contributed by atoms with Crippen LogP contribution in [-0.2, 0) is 13.6 Å². The molecule has 0 aliphatic rings. The molecular weight excluding hydrogens is 358 g/mol. The first kappa shape index (κ1) is 14.0. The summed E-state index contributed by atoms with van der Waals surface area (Å²) in [6.45, 7) is 0.447. The molecule has 0 saturated heterocycles. The fraction of sp³-hybridized carbons (Fsp3) is 0.167. The van der Waals surface area contributed by atoms with Crippen LogP contribution in [0.4, 0.5) is 0 Å². The minimum absolute atomic E-state index is 0.0760. The molecule has 0 fully saturated rings. The molecule has 0 aromatic carbocycles. The second kappa shape index (κ2) is 5.41. The number of aryl methyl sites for hydroxylation is 1. The van der Waals surface area contributed by atoms with E-state index in [1.54, 1.807) is 40.2 Å². The standard InChI is InChI=1S/C12H10BrN5O2S/c1-17-6-14-3-8(17)11-10(12(19)20)15-16-18(11)4-7-2-9(13)21-5-7/h2-3,5-6H,4H2,1H3,(H,19,20). The van der Waals surface area contributed by atoms with Crippen molar-refractivity contribution in [3.8, 4) is 11.4 Å². The molecule has 0 atom stereocenters. The zero-order valence-corrected chi connectivity index (χ0v) is 13.3. The Morgan fingerprint density at radius 3 is 2.90 bits per heavy atom. The summed E-state index contributed by atoms with van der Waals surface area (Å²) < 4.78 is 4.33. The SMILES string of the molecule is Cn1cncc1-c1c(C(=O)O)nnn1Cc1csc(Br)c1. The van der Waals surface area contributed by atoms with Crippen molar-refractivity contribution in [1.29, 1.82) is 0 Å². The monoisotopic (exact) mass is 367 g/mol. The summed E-state index contributed by atoms with van der Waals surface area (Å²) in [5, 5.41) is 19.0. The Morgan fingerprint density at radius 1 is 1.52 bits per heavy atom. The maximum atomic E-state index is 11.3.